The van der Waals surface area contributed by atoms with Gasteiger partial charge in [-0.15, -0.1) is 0 Å². The number of rotatable bonds is 4. The van der Waals surface area contributed by atoms with Gasteiger partial charge in [-0.25, -0.2) is 4.79 Å². The van der Waals surface area contributed by atoms with Crippen LogP contribution in [0.5, 0.6) is 5.75 Å². The standard InChI is InChI=1S/C15H11Cl2N3O3/c16-8-3-9(17)5-11(4-8)23-7-14(21)18-10-1-2-12-13(6-10)20-15(22)19-12/h1-6H,7H2,(H,18,21)(H2,19,20,22). The predicted molar refractivity (Wildman–Crippen MR) is 89.5 cm³/mol. The van der Waals surface area contributed by atoms with Gasteiger partial charge < -0.3 is 20.0 Å². The van der Waals surface area contributed by atoms with Crippen molar-refractivity contribution in [2.24, 2.45) is 0 Å². The van der Waals surface area contributed by atoms with Gasteiger partial charge in [-0.3, -0.25) is 4.79 Å². The molecule has 2 aromatic carbocycles. The number of carbonyl (C=O) groups excluding carboxylic acids is 1. The van der Waals surface area contributed by atoms with E-state index in [1.54, 1.807) is 36.4 Å². The number of fused-ring (bicyclic) bond motifs is 1. The van der Waals surface area contributed by atoms with Gasteiger partial charge in [0.1, 0.15) is 5.75 Å². The van der Waals surface area contributed by atoms with E-state index in [2.05, 4.69) is 15.3 Å². The molecule has 0 saturated heterocycles. The van der Waals surface area contributed by atoms with Gasteiger partial charge >= 0.3 is 5.69 Å². The number of nitrogens with one attached hydrogen (secondary N) is 3. The summed E-state index contributed by atoms with van der Waals surface area (Å²) >= 11 is 11.7. The fraction of sp³-hybridized carbons (Fsp3) is 0.0667. The number of aromatic amines is 2. The third-order valence-corrected chi connectivity index (χ3v) is 3.44. The maximum Gasteiger partial charge on any atom is 0.323 e. The second-order valence-corrected chi connectivity index (χ2v) is 5.65. The van der Waals surface area contributed by atoms with E-state index in [1.165, 1.54) is 0 Å². The maximum atomic E-state index is 11.9. The monoisotopic (exact) mass is 351 g/mol. The van der Waals surface area contributed by atoms with Gasteiger partial charge in [-0.2, -0.15) is 0 Å². The Bertz CT molecular complexity index is 913. The SMILES string of the molecule is O=C(COc1cc(Cl)cc(Cl)c1)Nc1ccc2[nH]c(=O)[nH]c2c1. The molecule has 6 nitrogen and oxygen atoms in total. The maximum absolute atomic E-state index is 11.9. The summed E-state index contributed by atoms with van der Waals surface area (Å²) in [6.45, 7) is -0.196. The van der Waals surface area contributed by atoms with Crippen LogP contribution in [-0.2, 0) is 4.79 Å². The Balaban J connectivity index is 1.64. The molecule has 0 atom stereocenters. The number of aromatic nitrogens is 2. The molecular formula is C15H11Cl2N3O3. The molecule has 118 valence electrons. The van der Waals surface area contributed by atoms with Crippen LogP contribution < -0.4 is 15.7 Å². The van der Waals surface area contributed by atoms with Crippen molar-refractivity contribution in [3.05, 3.63) is 56.9 Å². The lowest BCUT2D eigenvalue weighted by Gasteiger charge is -2.08. The molecule has 8 heteroatoms. The van der Waals surface area contributed by atoms with Crippen LogP contribution in [0.25, 0.3) is 11.0 Å². The van der Waals surface area contributed by atoms with Crippen molar-refractivity contribution in [3.63, 3.8) is 0 Å². The number of hydrogen-bond donors (Lipinski definition) is 3. The Morgan fingerprint density at radius 1 is 1.04 bits per heavy atom. The van der Waals surface area contributed by atoms with Crippen LogP contribution in [0.4, 0.5) is 5.69 Å². The van der Waals surface area contributed by atoms with Crippen molar-refractivity contribution in [2.45, 2.75) is 0 Å². The molecule has 3 N–H and O–H groups in total. The Kier molecular flexibility index (Phi) is 4.27. The van der Waals surface area contributed by atoms with Crippen LogP contribution in [0, 0.1) is 0 Å². The minimum absolute atomic E-state index is 0.196. The summed E-state index contributed by atoms with van der Waals surface area (Å²) < 4.78 is 5.35. The van der Waals surface area contributed by atoms with Crippen molar-refractivity contribution in [1.29, 1.82) is 0 Å². The highest BCUT2D eigenvalue weighted by Crippen LogP contribution is 2.24. The molecule has 0 bridgehead atoms. The Hall–Kier alpha value is -2.44. The average molecular weight is 352 g/mol. The number of H-pyrrole nitrogens is 2. The van der Waals surface area contributed by atoms with Gasteiger partial charge in [0, 0.05) is 15.7 Å². The summed E-state index contributed by atoms with van der Waals surface area (Å²) in [4.78, 5) is 28.4. The van der Waals surface area contributed by atoms with E-state index < -0.39 is 0 Å². The number of imidazole rings is 1. The van der Waals surface area contributed by atoms with Crippen LogP contribution >= 0.6 is 23.2 Å². The topological polar surface area (TPSA) is 87.0 Å². The normalized spacial score (nSPS) is 10.7. The second kappa shape index (κ2) is 6.36. The number of anilines is 1. The molecular weight excluding hydrogens is 341 g/mol. The quantitative estimate of drug-likeness (QED) is 0.674. The summed E-state index contributed by atoms with van der Waals surface area (Å²) in [5.41, 5.74) is 1.52. The highest BCUT2D eigenvalue weighted by molar-refractivity contribution is 6.34. The van der Waals surface area contributed by atoms with E-state index in [0.29, 0.717) is 32.5 Å². The van der Waals surface area contributed by atoms with Crippen molar-refractivity contribution >= 4 is 45.8 Å². The van der Waals surface area contributed by atoms with Crippen molar-refractivity contribution in [2.75, 3.05) is 11.9 Å². The molecule has 3 aromatic rings. The second-order valence-electron chi connectivity index (χ2n) is 4.78. The number of hydrogen-bond acceptors (Lipinski definition) is 3. The summed E-state index contributed by atoms with van der Waals surface area (Å²) in [5, 5.41) is 3.53. The zero-order valence-electron chi connectivity index (χ0n) is 11.7. The van der Waals surface area contributed by atoms with E-state index in [0.717, 1.165) is 0 Å². The van der Waals surface area contributed by atoms with Crippen LogP contribution in [-0.4, -0.2) is 22.5 Å². The molecule has 0 aliphatic carbocycles. The first-order chi connectivity index (χ1) is 11.0. The lowest BCUT2D eigenvalue weighted by Crippen LogP contribution is -2.20. The molecule has 0 aliphatic heterocycles. The fourth-order valence-corrected chi connectivity index (χ4v) is 2.57. The lowest BCUT2D eigenvalue weighted by molar-refractivity contribution is -0.118. The first-order valence-corrected chi connectivity index (χ1v) is 7.36. The third kappa shape index (κ3) is 3.85. The zero-order valence-corrected chi connectivity index (χ0v) is 13.2. The molecule has 3 rings (SSSR count). The van der Waals surface area contributed by atoms with Gasteiger partial charge in [0.05, 0.1) is 11.0 Å². The fourth-order valence-electron chi connectivity index (χ4n) is 2.07. The van der Waals surface area contributed by atoms with Crippen molar-refractivity contribution in [3.8, 4) is 5.75 Å². The third-order valence-electron chi connectivity index (χ3n) is 3.01. The van der Waals surface area contributed by atoms with Crippen molar-refractivity contribution in [1.82, 2.24) is 9.97 Å². The molecule has 1 aromatic heterocycles. The highest BCUT2D eigenvalue weighted by Gasteiger charge is 2.07. The molecule has 0 unspecified atom stereocenters. The number of ether oxygens (including phenoxy) is 1. The van der Waals surface area contributed by atoms with Crippen molar-refractivity contribution < 1.29 is 9.53 Å². The molecule has 1 heterocycles. The lowest BCUT2D eigenvalue weighted by atomic mass is 10.3. The summed E-state index contributed by atoms with van der Waals surface area (Å²) in [7, 11) is 0. The number of halogens is 2. The molecule has 0 aliphatic rings. The largest absolute Gasteiger partial charge is 0.484 e. The molecule has 1 amide bonds. The molecule has 0 spiro atoms. The van der Waals surface area contributed by atoms with E-state index in [4.69, 9.17) is 27.9 Å². The van der Waals surface area contributed by atoms with Gasteiger partial charge in [-0.1, -0.05) is 23.2 Å². The first kappa shape index (κ1) is 15.5. The van der Waals surface area contributed by atoms with Crippen LogP contribution in [0.2, 0.25) is 10.0 Å². The average Bonchev–Trinajstić information content (AvgIpc) is 2.83. The predicted octanol–water partition coefficient (Wildman–Crippen LogP) is 3.18. The van der Waals surface area contributed by atoms with E-state index in [-0.39, 0.29) is 18.2 Å². The van der Waals surface area contributed by atoms with Gasteiger partial charge in [0.15, 0.2) is 6.61 Å². The number of carbonyl (C=O) groups is 1. The highest BCUT2D eigenvalue weighted by atomic mass is 35.5. The van der Waals surface area contributed by atoms with Gasteiger partial charge in [-0.05, 0) is 36.4 Å². The molecule has 0 saturated carbocycles. The van der Waals surface area contributed by atoms with E-state index in [9.17, 15) is 9.59 Å². The number of amides is 1. The summed E-state index contributed by atoms with van der Waals surface area (Å²) in [6.07, 6.45) is 0. The summed E-state index contributed by atoms with van der Waals surface area (Å²) in [6, 6.07) is 9.74. The Labute approximate surface area is 140 Å². The smallest absolute Gasteiger partial charge is 0.323 e. The van der Waals surface area contributed by atoms with Crippen LogP contribution in [0.15, 0.2) is 41.2 Å². The van der Waals surface area contributed by atoms with E-state index in [1.807, 2.05) is 0 Å². The van der Waals surface area contributed by atoms with Gasteiger partial charge in [0.2, 0.25) is 0 Å². The molecule has 0 radical (unpaired) electrons. The van der Waals surface area contributed by atoms with Crippen LogP contribution in [0.3, 0.4) is 0 Å². The number of benzene rings is 2. The molecule has 0 fully saturated rings. The minimum atomic E-state index is -0.349. The van der Waals surface area contributed by atoms with Gasteiger partial charge in [0.25, 0.3) is 5.91 Å². The summed E-state index contributed by atoms with van der Waals surface area (Å²) in [5.74, 6) is 0.0568. The first-order valence-electron chi connectivity index (χ1n) is 6.60. The Morgan fingerprint density at radius 2 is 1.74 bits per heavy atom. The van der Waals surface area contributed by atoms with E-state index >= 15 is 0 Å². The zero-order chi connectivity index (χ0) is 16.4. The molecule has 23 heavy (non-hydrogen) atoms. The van der Waals surface area contributed by atoms with Crippen LogP contribution in [0.1, 0.15) is 0 Å². The minimum Gasteiger partial charge on any atom is -0.484 e. The Morgan fingerprint density at radius 3 is 2.48 bits per heavy atom.